The Hall–Kier alpha value is -2.18. The zero-order chi connectivity index (χ0) is 19.2. The van der Waals surface area contributed by atoms with Crippen LogP contribution in [0, 0.1) is 29.1 Å². The van der Waals surface area contributed by atoms with E-state index in [9.17, 15) is 30.4 Å². The molecule has 26 heavy (non-hydrogen) atoms. The van der Waals surface area contributed by atoms with Crippen LogP contribution in [-0.2, 0) is 15.0 Å². The summed E-state index contributed by atoms with van der Waals surface area (Å²) in [6.45, 7) is -0.487. The minimum absolute atomic E-state index is 0.139. The smallest absolute Gasteiger partial charge is 0.316 e. The summed E-state index contributed by atoms with van der Waals surface area (Å²) in [4.78, 5) is 5.07. The van der Waals surface area contributed by atoms with Gasteiger partial charge in [-0.2, -0.15) is 22.3 Å². The molecule has 142 valence electrons. The molecule has 0 unspecified atom stereocenters. The van der Waals surface area contributed by atoms with E-state index in [0.717, 1.165) is 5.06 Å². The molecule has 1 fully saturated rings. The van der Waals surface area contributed by atoms with Crippen LogP contribution >= 0.6 is 0 Å². The van der Waals surface area contributed by atoms with Crippen molar-refractivity contribution in [3.8, 4) is 5.75 Å². The molecule has 1 aromatic carbocycles. The van der Waals surface area contributed by atoms with Crippen LogP contribution in [0.5, 0.6) is 5.75 Å². The molecule has 0 saturated carbocycles. The van der Waals surface area contributed by atoms with E-state index in [1.54, 1.807) is 0 Å². The van der Waals surface area contributed by atoms with Crippen LogP contribution in [0.3, 0.4) is 0 Å². The van der Waals surface area contributed by atoms with Crippen LogP contribution < -0.4 is 4.18 Å². The van der Waals surface area contributed by atoms with Gasteiger partial charge >= 0.3 is 10.1 Å². The molecular formula is C14H10F5NO5S. The predicted molar refractivity (Wildman–Crippen MR) is 74.7 cm³/mol. The van der Waals surface area contributed by atoms with E-state index in [1.165, 1.54) is 25.4 Å². The van der Waals surface area contributed by atoms with Crippen LogP contribution in [0.15, 0.2) is 22.8 Å². The molecule has 1 saturated heterocycles. The van der Waals surface area contributed by atoms with E-state index in [2.05, 4.69) is 4.18 Å². The van der Waals surface area contributed by atoms with Crippen molar-refractivity contribution in [1.82, 2.24) is 5.06 Å². The molecule has 2 heterocycles. The third-order valence-electron chi connectivity index (χ3n) is 3.76. The van der Waals surface area contributed by atoms with Crippen molar-refractivity contribution in [3.63, 3.8) is 0 Å². The molecule has 0 bridgehead atoms. The number of rotatable bonds is 4. The summed E-state index contributed by atoms with van der Waals surface area (Å²) in [6, 6.07) is 1.84. The minimum Gasteiger partial charge on any atom is -0.468 e. The lowest BCUT2D eigenvalue weighted by Crippen LogP contribution is -2.34. The van der Waals surface area contributed by atoms with E-state index in [4.69, 9.17) is 9.25 Å². The molecule has 0 radical (unpaired) electrons. The van der Waals surface area contributed by atoms with Gasteiger partial charge in [0.15, 0.2) is 0 Å². The zero-order valence-corrected chi connectivity index (χ0v) is 13.7. The summed E-state index contributed by atoms with van der Waals surface area (Å²) in [6.07, 6.45) is 1.26. The highest BCUT2D eigenvalue weighted by molar-refractivity contribution is 7.87. The van der Waals surface area contributed by atoms with Gasteiger partial charge in [0, 0.05) is 7.05 Å². The molecule has 1 aliphatic heterocycles. The van der Waals surface area contributed by atoms with Crippen molar-refractivity contribution < 1.29 is 43.8 Å². The Morgan fingerprint density at radius 3 is 2.19 bits per heavy atom. The van der Waals surface area contributed by atoms with E-state index in [1.807, 2.05) is 0 Å². The van der Waals surface area contributed by atoms with Crippen molar-refractivity contribution in [2.45, 2.75) is 11.3 Å². The maximum absolute atomic E-state index is 13.7. The molecule has 0 aliphatic carbocycles. The average Bonchev–Trinajstić information content (AvgIpc) is 3.24. The number of hydrogen-bond donors (Lipinski definition) is 0. The first-order valence-corrected chi connectivity index (χ1v) is 8.46. The van der Waals surface area contributed by atoms with Crippen molar-refractivity contribution in [2.24, 2.45) is 0 Å². The molecule has 2 aromatic rings. The van der Waals surface area contributed by atoms with E-state index >= 15 is 0 Å². The van der Waals surface area contributed by atoms with E-state index in [-0.39, 0.29) is 5.76 Å². The van der Waals surface area contributed by atoms with Gasteiger partial charge in [-0.05, 0) is 12.1 Å². The van der Waals surface area contributed by atoms with Gasteiger partial charge in [-0.25, -0.2) is 13.2 Å². The van der Waals surface area contributed by atoms with Crippen molar-refractivity contribution >= 4 is 10.1 Å². The van der Waals surface area contributed by atoms with Gasteiger partial charge in [-0.1, -0.05) is 0 Å². The Morgan fingerprint density at radius 2 is 1.65 bits per heavy atom. The van der Waals surface area contributed by atoms with Gasteiger partial charge in [-0.3, -0.25) is 4.84 Å². The highest BCUT2D eigenvalue weighted by Crippen LogP contribution is 2.37. The van der Waals surface area contributed by atoms with Crippen LogP contribution in [0.1, 0.15) is 11.8 Å². The third kappa shape index (κ3) is 2.93. The van der Waals surface area contributed by atoms with E-state index < -0.39 is 62.9 Å². The Bertz CT molecular complexity index is 905. The molecule has 2 atom stereocenters. The predicted octanol–water partition coefficient (Wildman–Crippen LogP) is 2.67. The maximum Gasteiger partial charge on any atom is 0.316 e. The van der Waals surface area contributed by atoms with Gasteiger partial charge in [0.25, 0.3) is 0 Å². The standard InChI is InChI=1S/C14H10F5NO5S/c1-20-13(6-3-2-4-23-6)7(5-24-20)26(21,22)25-14-11(18)9(16)8(15)10(17)12(14)19/h2-4,7,13H,5H2,1H3/t7-,13+/m1/s1. The lowest BCUT2D eigenvalue weighted by molar-refractivity contribution is -0.113. The molecule has 0 N–H and O–H groups in total. The fourth-order valence-corrected chi connectivity index (χ4v) is 3.85. The number of halogens is 5. The molecule has 1 aliphatic rings. The number of hydroxylamine groups is 2. The van der Waals surface area contributed by atoms with Crippen LogP contribution in [0.2, 0.25) is 0 Å². The fraction of sp³-hybridized carbons (Fsp3) is 0.286. The van der Waals surface area contributed by atoms with Gasteiger partial charge in [0.1, 0.15) is 17.1 Å². The Morgan fingerprint density at radius 1 is 1.08 bits per heavy atom. The monoisotopic (exact) mass is 399 g/mol. The normalized spacial score (nSPS) is 21.3. The highest BCUT2D eigenvalue weighted by Gasteiger charge is 2.47. The van der Waals surface area contributed by atoms with Crippen molar-refractivity contribution in [3.05, 3.63) is 53.2 Å². The first-order valence-electron chi connectivity index (χ1n) is 6.99. The Balaban J connectivity index is 2.00. The second-order valence-corrected chi connectivity index (χ2v) is 7.07. The summed E-state index contributed by atoms with van der Waals surface area (Å²) >= 11 is 0. The SMILES string of the molecule is CN1OC[C@@H](S(=O)(=O)Oc2c(F)c(F)c(F)c(F)c2F)[C@@H]1c1ccco1. The molecule has 3 rings (SSSR count). The quantitative estimate of drug-likeness (QED) is 0.341. The first kappa shape index (κ1) is 18.6. The molecule has 0 spiro atoms. The van der Waals surface area contributed by atoms with Crippen molar-refractivity contribution in [1.29, 1.82) is 0 Å². The summed E-state index contributed by atoms with van der Waals surface area (Å²) in [7, 11) is -3.50. The van der Waals surface area contributed by atoms with Crippen molar-refractivity contribution in [2.75, 3.05) is 13.7 Å². The lowest BCUT2D eigenvalue weighted by Gasteiger charge is -2.20. The minimum atomic E-state index is -4.87. The van der Waals surface area contributed by atoms with Gasteiger partial charge in [-0.15, -0.1) is 0 Å². The topological polar surface area (TPSA) is 69.0 Å². The first-order chi connectivity index (χ1) is 12.1. The molecular weight excluding hydrogens is 389 g/mol. The summed E-state index contributed by atoms with van der Waals surface area (Å²) in [5.41, 5.74) is 0. The Labute approximate surface area is 143 Å². The average molecular weight is 399 g/mol. The molecule has 6 nitrogen and oxygen atoms in total. The number of furan rings is 1. The number of hydrogen-bond acceptors (Lipinski definition) is 6. The largest absolute Gasteiger partial charge is 0.468 e. The van der Waals surface area contributed by atoms with Crippen LogP contribution in [0.25, 0.3) is 0 Å². The van der Waals surface area contributed by atoms with Crippen LogP contribution in [-0.4, -0.2) is 32.4 Å². The third-order valence-corrected chi connectivity index (χ3v) is 5.30. The molecule has 12 heteroatoms. The Kier molecular flexibility index (Phi) is 4.67. The lowest BCUT2D eigenvalue weighted by atomic mass is 10.2. The summed E-state index contributed by atoms with van der Waals surface area (Å²) < 4.78 is 101. The van der Waals surface area contributed by atoms with Gasteiger partial charge < -0.3 is 8.60 Å². The summed E-state index contributed by atoms with van der Waals surface area (Å²) in [5.74, 6) is -13.6. The summed E-state index contributed by atoms with van der Waals surface area (Å²) in [5, 5.41) is -0.434. The number of nitrogens with zero attached hydrogens (tertiary/aromatic N) is 1. The fourth-order valence-electron chi connectivity index (χ4n) is 2.50. The zero-order valence-electron chi connectivity index (χ0n) is 12.9. The van der Waals surface area contributed by atoms with E-state index in [0.29, 0.717) is 0 Å². The molecule has 1 aromatic heterocycles. The maximum atomic E-state index is 13.7. The van der Waals surface area contributed by atoms with Crippen LogP contribution in [0.4, 0.5) is 22.0 Å². The number of benzene rings is 1. The second kappa shape index (κ2) is 6.52. The molecule has 0 amide bonds. The highest BCUT2D eigenvalue weighted by atomic mass is 32.2. The van der Waals surface area contributed by atoms with Gasteiger partial charge in [0.05, 0.1) is 12.9 Å². The van der Waals surface area contributed by atoms with Gasteiger partial charge in [0.2, 0.25) is 34.8 Å². The second-order valence-electron chi connectivity index (χ2n) is 5.32.